The van der Waals surface area contributed by atoms with Gasteiger partial charge in [-0.25, -0.2) is 19.0 Å². The van der Waals surface area contributed by atoms with Gasteiger partial charge in [-0.1, -0.05) is 11.8 Å². The number of thioether (sulfide) groups is 1. The van der Waals surface area contributed by atoms with E-state index in [9.17, 15) is 18.8 Å². The highest BCUT2D eigenvalue weighted by Crippen LogP contribution is 2.23. The largest absolute Gasteiger partial charge is 0.448 e. The molecule has 1 aromatic carbocycles. The Morgan fingerprint density at radius 2 is 1.96 bits per heavy atom. The summed E-state index contributed by atoms with van der Waals surface area (Å²) in [6.07, 6.45) is 3.69. The Labute approximate surface area is 164 Å². The molecule has 1 fully saturated rings. The van der Waals surface area contributed by atoms with Crippen LogP contribution in [0.5, 0.6) is 0 Å². The van der Waals surface area contributed by atoms with Crippen LogP contribution in [0.15, 0.2) is 35.6 Å². The molecule has 1 saturated carbocycles. The molecule has 10 heteroatoms. The van der Waals surface area contributed by atoms with E-state index in [-0.39, 0.29) is 11.7 Å². The molecule has 3 amide bonds. The summed E-state index contributed by atoms with van der Waals surface area (Å²) < 4.78 is 19.9. The summed E-state index contributed by atoms with van der Waals surface area (Å²) in [5.41, 5.74) is 0.606. The van der Waals surface area contributed by atoms with E-state index in [1.165, 1.54) is 53.7 Å². The first-order valence-electron chi connectivity index (χ1n) is 8.59. The standard InChI is InChI=1S/C18H19FN4O4S/c1-10(15(24)22-17(26)21-12-5-6-12)27-16(25)14-9-20-18(28-2)23(14)13-7-3-11(19)4-8-13/h3-4,7-10,12H,5-6H2,1-2H3,(H2,21,22,24,26)/t10-/m0/s1. The molecule has 0 unspecified atom stereocenters. The number of carbonyl (C=O) groups excluding carboxylic acids is 3. The summed E-state index contributed by atoms with van der Waals surface area (Å²) in [7, 11) is 0. The van der Waals surface area contributed by atoms with Crippen LogP contribution in [-0.4, -0.2) is 45.9 Å². The number of halogens is 1. The van der Waals surface area contributed by atoms with Crippen molar-refractivity contribution in [3.05, 3.63) is 42.0 Å². The molecule has 0 spiro atoms. The number of rotatable bonds is 6. The minimum absolute atomic E-state index is 0.0815. The van der Waals surface area contributed by atoms with Crippen LogP contribution in [0.1, 0.15) is 30.3 Å². The van der Waals surface area contributed by atoms with E-state index in [2.05, 4.69) is 15.6 Å². The van der Waals surface area contributed by atoms with Crippen molar-refractivity contribution in [3.63, 3.8) is 0 Å². The minimum atomic E-state index is -1.19. The van der Waals surface area contributed by atoms with Crippen molar-refractivity contribution in [2.45, 2.75) is 37.1 Å². The van der Waals surface area contributed by atoms with Gasteiger partial charge in [0.05, 0.1) is 6.20 Å². The van der Waals surface area contributed by atoms with E-state index in [4.69, 9.17) is 4.74 Å². The van der Waals surface area contributed by atoms with Crippen molar-refractivity contribution in [2.24, 2.45) is 0 Å². The zero-order chi connectivity index (χ0) is 20.3. The Kier molecular flexibility index (Phi) is 5.98. The highest BCUT2D eigenvalue weighted by atomic mass is 32.2. The van der Waals surface area contributed by atoms with Gasteiger partial charge in [0.25, 0.3) is 5.91 Å². The van der Waals surface area contributed by atoms with Crippen molar-refractivity contribution < 1.29 is 23.5 Å². The lowest BCUT2D eigenvalue weighted by atomic mass is 10.3. The second-order valence-electron chi connectivity index (χ2n) is 6.23. The average Bonchev–Trinajstić information content (AvgIpc) is 3.36. The molecule has 2 aromatic rings. The van der Waals surface area contributed by atoms with Gasteiger partial charge in [0.15, 0.2) is 17.0 Å². The van der Waals surface area contributed by atoms with Gasteiger partial charge in [0, 0.05) is 11.7 Å². The number of imide groups is 1. The number of esters is 1. The lowest BCUT2D eigenvalue weighted by Crippen LogP contribution is -2.45. The number of urea groups is 1. The maximum Gasteiger partial charge on any atom is 0.357 e. The number of nitrogens with one attached hydrogen (secondary N) is 2. The molecule has 0 saturated heterocycles. The SMILES string of the molecule is CSc1ncc(C(=O)O[C@@H](C)C(=O)NC(=O)NC2CC2)n1-c1ccc(F)cc1. The van der Waals surface area contributed by atoms with Crippen LogP contribution in [0.2, 0.25) is 0 Å². The highest BCUT2D eigenvalue weighted by Gasteiger charge is 2.27. The second-order valence-corrected chi connectivity index (χ2v) is 7.00. The third-order valence-corrected chi connectivity index (χ3v) is 4.66. The summed E-state index contributed by atoms with van der Waals surface area (Å²) in [5, 5.41) is 5.25. The maximum absolute atomic E-state index is 13.2. The summed E-state index contributed by atoms with van der Waals surface area (Å²) in [5.74, 6) is -1.93. The topological polar surface area (TPSA) is 102 Å². The van der Waals surface area contributed by atoms with Gasteiger partial charge >= 0.3 is 12.0 Å². The maximum atomic E-state index is 13.2. The molecule has 1 atom stereocenters. The Bertz CT molecular complexity index is 895. The van der Waals surface area contributed by atoms with Crippen LogP contribution >= 0.6 is 11.8 Å². The molecule has 148 valence electrons. The number of ether oxygens (including phenoxy) is 1. The van der Waals surface area contributed by atoms with Crippen LogP contribution in [0, 0.1) is 5.82 Å². The molecule has 0 aliphatic heterocycles. The quantitative estimate of drug-likeness (QED) is 0.564. The van der Waals surface area contributed by atoms with Crippen molar-refractivity contribution in [1.82, 2.24) is 20.2 Å². The zero-order valence-corrected chi connectivity index (χ0v) is 16.1. The molecule has 1 aliphatic rings. The van der Waals surface area contributed by atoms with Crippen LogP contribution in [0.4, 0.5) is 9.18 Å². The number of benzene rings is 1. The fourth-order valence-electron chi connectivity index (χ4n) is 2.40. The van der Waals surface area contributed by atoms with E-state index in [1.54, 1.807) is 6.26 Å². The van der Waals surface area contributed by atoms with Crippen molar-refractivity contribution >= 4 is 29.7 Å². The first-order chi connectivity index (χ1) is 13.4. The van der Waals surface area contributed by atoms with Gasteiger partial charge in [0.2, 0.25) is 0 Å². The first-order valence-corrected chi connectivity index (χ1v) is 9.81. The first kappa shape index (κ1) is 19.9. The lowest BCUT2D eigenvalue weighted by molar-refractivity contribution is -0.127. The van der Waals surface area contributed by atoms with Crippen molar-refractivity contribution in [3.8, 4) is 5.69 Å². The minimum Gasteiger partial charge on any atom is -0.448 e. The molecule has 1 heterocycles. The van der Waals surface area contributed by atoms with Gasteiger partial charge < -0.3 is 10.1 Å². The van der Waals surface area contributed by atoms with Gasteiger partial charge in [-0.15, -0.1) is 0 Å². The number of carbonyl (C=O) groups is 3. The number of imidazole rings is 1. The van der Waals surface area contributed by atoms with E-state index >= 15 is 0 Å². The fraction of sp³-hybridized carbons (Fsp3) is 0.333. The third kappa shape index (κ3) is 4.69. The van der Waals surface area contributed by atoms with E-state index < -0.39 is 29.8 Å². The summed E-state index contributed by atoms with van der Waals surface area (Å²) in [4.78, 5) is 40.4. The van der Waals surface area contributed by atoms with Crippen LogP contribution in [-0.2, 0) is 9.53 Å². The van der Waals surface area contributed by atoms with E-state index in [1.807, 2.05) is 0 Å². The second kappa shape index (κ2) is 8.42. The molecule has 2 N–H and O–H groups in total. The lowest BCUT2D eigenvalue weighted by Gasteiger charge is -2.15. The van der Waals surface area contributed by atoms with Gasteiger partial charge in [-0.05, 0) is 50.3 Å². The summed E-state index contributed by atoms with van der Waals surface area (Å²) in [6, 6.07) is 5.03. The molecule has 8 nitrogen and oxygen atoms in total. The highest BCUT2D eigenvalue weighted by molar-refractivity contribution is 7.98. The molecule has 1 aromatic heterocycles. The predicted molar refractivity (Wildman–Crippen MR) is 99.9 cm³/mol. The third-order valence-electron chi connectivity index (χ3n) is 4.01. The summed E-state index contributed by atoms with van der Waals surface area (Å²) >= 11 is 1.30. The Morgan fingerprint density at radius 3 is 2.57 bits per heavy atom. The number of hydrogen-bond acceptors (Lipinski definition) is 6. The molecule has 28 heavy (non-hydrogen) atoms. The molecular formula is C18H19FN4O4S. The molecule has 1 aliphatic carbocycles. The summed E-state index contributed by atoms with van der Waals surface area (Å²) in [6.45, 7) is 1.37. The number of aromatic nitrogens is 2. The van der Waals surface area contributed by atoms with Crippen LogP contribution in [0.3, 0.4) is 0 Å². The number of nitrogens with zero attached hydrogens (tertiary/aromatic N) is 2. The van der Waals surface area contributed by atoms with Gasteiger partial charge in [0.1, 0.15) is 5.82 Å². The molecule has 3 rings (SSSR count). The van der Waals surface area contributed by atoms with Crippen LogP contribution in [0.25, 0.3) is 5.69 Å². The van der Waals surface area contributed by atoms with Gasteiger partial charge in [-0.2, -0.15) is 0 Å². The molecule has 0 bridgehead atoms. The van der Waals surface area contributed by atoms with E-state index in [0.717, 1.165) is 12.8 Å². The fourth-order valence-corrected chi connectivity index (χ4v) is 2.94. The Morgan fingerprint density at radius 1 is 1.29 bits per heavy atom. The normalized spacial score (nSPS) is 14.2. The van der Waals surface area contributed by atoms with Crippen molar-refractivity contribution in [2.75, 3.05) is 6.26 Å². The number of amides is 3. The molecule has 0 radical (unpaired) electrons. The zero-order valence-electron chi connectivity index (χ0n) is 15.3. The van der Waals surface area contributed by atoms with Gasteiger partial charge in [-0.3, -0.25) is 14.7 Å². The van der Waals surface area contributed by atoms with Crippen LogP contribution < -0.4 is 10.6 Å². The van der Waals surface area contributed by atoms with E-state index in [0.29, 0.717) is 10.8 Å². The molecular weight excluding hydrogens is 387 g/mol. The number of hydrogen-bond donors (Lipinski definition) is 2. The predicted octanol–water partition coefficient (Wildman–Crippen LogP) is 2.27. The average molecular weight is 406 g/mol. The smallest absolute Gasteiger partial charge is 0.357 e. The monoisotopic (exact) mass is 406 g/mol. The van der Waals surface area contributed by atoms with Crippen molar-refractivity contribution in [1.29, 1.82) is 0 Å². The Hall–Kier alpha value is -2.88. The Balaban J connectivity index is 1.71.